The first-order valence-electron chi connectivity index (χ1n) is 8.47. The molecule has 0 aliphatic carbocycles. The number of nitrogens with one attached hydrogen (secondary N) is 4. The molecule has 8 N–H and O–H groups in total. The molecule has 9 heteroatoms. The van der Waals surface area contributed by atoms with Crippen LogP contribution in [0.4, 0.5) is 28.1 Å². The summed E-state index contributed by atoms with van der Waals surface area (Å²) in [5.74, 6) is 0.698. The second-order valence-corrected chi connectivity index (χ2v) is 6.10. The van der Waals surface area contributed by atoms with Crippen LogP contribution in [-0.4, -0.2) is 26.0 Å². The lowest BCUT2D eigenvalue weighted by Gasteiger charge is -2.09. The average Bonchev–Trinajstić information content (AvgIpc) is 3.31. The molecule has 4 aromatic rings. The number of benzene rings is 2. The molecule has 0 saturated heterocycles. The van der Waals surface area contributed by atoms with E-state index in [-0.39, 0.29) is 6.03 Å². The Morgan fingerprint density at radius 2 is 1.39 bits per heavy atom. The van der Waals surface area contributed by atoms with E-state index in [0.717, 1.165) is 22.5 Å². The van der Waals surface area contributed by atoms with Gasteiger partial charge < -0.3 is 32.1 Å². The molecule has 0 saturated carbocycles. The number of rotatable bonds is 4. The van der Waals surface area contributed by atoms with Gasteiger partial charge in [-0.05, 0) is 29.8 Å². The second-order valence-electron chi connectivity index (χ2n) is 6.10. The summed E-state index contributed by atoms with van der Waals surface area (Å²) in [7, 11) is 0. The summed E-state index contributed by atoms with van der Waals surface area (Å²) in [5.41, 5.74) is 15.9. The van der Waals surface area contributed by atoms with Gasteiger partial charge in [-0.2, -0.15) is 0 Å². The van der Waals surface area contributed by atoms with Crippen LogP contribution >= 0.6 is 0 Å². The van der Waals surface area contributed by atoms with Crippen molar-refractivity contribution in [2.45, 2.75) is 0 Å². The summed E-state index contributed by atoms with van der Waals surface area (Å²) in [5, 5.41) is 5.61. The van der Waals surface area contributed by atoms with Gasteiger partial charge in [-0.3, -0.25) is 0 Å². The first-order chi connectivity index (χ1) is 13.6. The Labute approximate surface area is 160 Å². The third-order valence-electron chi connectivity index (χ3n) is 4.08. The lowest BCUT2D eigenvalue weighted by atomic mass is 10.1. The number of amides is 2. The van der Waals surface area contributed by atoms with Crippen molar-refractivity contribution >= 4 is 29.3 Å². The first-order valence-corrected chi connectivity index (χ1v) is 8.47. The lowest BCUT2D eigenvalue weighted by molar-refractivity contribution is 0.262. The molecule has 2 amide bonds. The van der Waals surface area contributed by atoms with Gasteiger partial charge in [0.1, 0.15) is 0 Å². The number of nitrogens with two attached hydrogens (primary N) is 2. The number of aromatic amines is 2. The fourth-order valence-electron chi connectivity index (χ4n) is 2.76. The molecule has 2 heterocycles. The smallest absolute Gasteiger partial charge is 0.323 e. The zero-order valence-electron chi connectivity index (χ0n) is 14.7. The van der Waals surface area contributed by atoms with E-state index in [1.54, 1.807) is 30.6 Å². The number of imidazole rings is 2. The van der Waals surface area contributed by atoms with E-state index in [4.69, 9.17) is 11.5 Å². The number of carbonyl (C=O) groups excluding carboxylic acids is 1. The minimum Gasteiger partial charge on any atom is -0.369 e. The Hall–Kier alpha value is -4.27. The van der Waals surface area contributed by atoms with E-state index < -0.39 is 0 Å². The molecule has 9 nitrogen and oxygen atoms in total. The number of anilines is 4. The van der Waals surface area contributed by atoms with E-state index in [2.05, 4.69) is 30.6 Å². The quantitative estimate of drug-likeness (QED) is 0.324. The van der Waals surface area contributed by atoms with Crippen molar-refractivity contribution in [1.82, 2.24) is 19.9 Å². The highest BCUT2D eigenvalue weighted by Crippen LogP contribution is 2.22. The Morgan fingerprint density at radius 3 is 2.00 bits per heavy atom. The number of nitrogens with zero attached hydrogens (tertiary/aromatic N) is 2. The molecule has 28 heavy (non-hydrogen) atoms. The van der Waals surface area contributed by atoms with Crippen LogP contribution in [0.1, 0.15) is 0 Å². The fourth-order valence-corrected chi connectivity index (χ4v) is 2.76. The van der Waals surface area contributed by atoms with E-state index in [1.807, 2.05) is 30.3 Å². The molecule has 0 aliphatic heterocycles. The predicted octanol–water partition coefficient (Wildman–Crippen LogP) is 3.28. The summed E-state index contributed by atoms with van der Waals surface area (Å²) in [6.07, 6.45) is 3.30. The topological polar surface area (TPSA) is 151 Å². The Bertz CT molecular complexity index is 1110. The molecule has 0 unspecified atom stereocenters. The number of hydrogen-bond acceptors (Lipinski definition) is 5. The predicted molar refractivity (Wildman–Crippen MR) is 110 cm³/mol. The molecule has 0 fully saturated rings. The maximum atomic E-state index is 12.3. The van der Waals surface area contributed by atoms with Crippen molar-refractivity contribution in [1.29, 1.82) is 0 Å². The summed E-state index contributed by atoms with van der Waals surface area (Å²) < 4.78 is 0. The maximum Gasteiger partial charge on any atom is 0.323 e. The number of H-pyrrole nitrogens is 2. The standard InChI is InChI=1S/C19H18N8O/c20-17-22-9-15(26-17)11-4-6-13(7-5-11)24-19(28)25-14-3-1-2-12(8-14)16-10-23-18(21)27-16/h1-10H,(H3,20,22,26)(H3,21,23,27)(H2,24,25,28). The zero-order valence-corrected chi connectivity index (χ0v) is 14.7. The monoisotopic (exact) mass is 374 g/mol. The van der Waals surface area contributed by atoms with Crippen LogP contribution in [0.2, 0.25) is 0 Å². The van der Waals surface area contributed by atoms with Crippen molar-refractivity contribution in [2.24, 2.45) is 0 Å². The van der Waals surface area contributed by atoms with Crippen LogP contribution in [0.15, 0.2) is 60.9 Å². The first kappa shape index (κ1) is 17.2. The number of aromatic nitrogens is 4. The number of urea groups is 1. The highest BCUT2D eigenvalue weighted by atomic mass is 16.2. The van der Waals surface area contributed by atoms with Crippen molar-refractivity contribution in [2.75, 3.05) is 22.1 Å². The summed E-state index contributed by atoms with van der Waals surface area (Å²) >= 11 is 0. The highest BCUT2D eigenvalue weighted by Gasteiger charge is 2.07. The lowest BCUT2D eigenvalue weighted by Crippen LogP contribution is -2.19. The van der Waals surface area contributed by atoms with Gasteiger partial charge in [0, 0.05) is 16.9 Å². The molecule has 140 valence electrons. The molecule has 0 aliphatic rings. The largest absolute Gasteiger partial charge is 0.369 e. The van der Waals surface area contributed by atoms with Gasteiger partial charge in [-0.15, -0.1) is 0 Å². The molecular weight excluding hydrogens is 356 g/mol. The SMILES string of the molecule is Nc1ncc(-c2ccc(NC(=O)Nc3cccc(-c4cnc(N)[nH]4)c3)cc2)[nH]1. The van der Waals surface area contributed by atoms with Crippen LogP contribution < -0.4 is 22.1 Å². The molecule has 0 radical (unpaired) electrons. The van der Waals surface area contributed by atoms with Crippen LogP contribution in [0.5, 0.6) is 0 Å². The summed E-state index contributed by atoms with van der Waals surface area (Å²) in [6.45, 7) is 0. The third kappa shape index (κ3) is 3.78. The molecule has 2 aromatic carbocycles. The van der Waals surface area contributed by atoms with Gasteiger partial charge in [-0.1, -0.05) is 24.3 Å². The molecule has 4 rings (SSSR count). The molecule has 0 bridgehead atoms. The summed E-state index contributed by atoms with van der Waals surface area (Å²) in [6, 6.07) is 14.4. The van der Waals surface area contributed by atoms with Crippen LogP contribution in [0.25, 0.3) is 22.5 Å². The van der Waals surface area contributed by atoms with E-state index in [0.29, 0.717) is 23.3 Å². The summed E-state index contributed by atoms with van der Waals surface area (Å²) in [4.78, 5) is 26.2. The van der Waals surface area contributed by atoms with E-state index in [1.165, 1.54) is 0 Å². The van der Waals surface area contributed by atoms with Crippen molar-refractivity contribution < 1.29 is 4.79 Å². The van der Waals surface area contributed by atoms with Crippen molar-refractivity contribution in [3.8, 4) is 22.5 Å². The molecule has 0 spiro atoms. The minimum atomic E-state index is -0.347. The second kappa shape index (κ2) is 7.16. The van der Waals surface area contributed by atoms with Gasteiger partial charge in [0.05, 0.1) is 23.8 Å². The average molecular weight is 374 g/mol. The Kier molecular flexibility index (Phi) is 4.38. The van der Waals surface area contributed by atoms with Gasteiger partial charge in [0.15, 0.2) is 11.9 Å². The van der Waals surface area contributed by atoms with Crippen molar-refractivity contribution in [3.05, 3.63) is 60.9 Å². The fraction of sp³-hybridized carbons (Fsp3) is 0. The minimum absolute atomic E-state index is 0.340. The van der Waals surface area contributed by atoms with Gasteiger partial charge in [-0.25, -0.2) is 14.8 Å². The molecule has 2 aromatic heterocycles. The van der Waals surface area contributed by atoms with Crippen LogP contribution in [0, 0.1) is 0 Å². The van der Waals surface area contributed by atoms with E-state index >= 15 is 0 Å². The maximum absolute atomic E-state index is 12.3. The van der Waals surface area contributed by atoms with Gasteiger partial charge >= 0.3 is 6.03 Å². The highest BCUT2D eigenvalue weighted by molar-refractivity contribution is 6.00. The van der Waals surface area contributed by atoms with Gasteiger partial charge in [0.25, 0.3) is 0 Å². The number of carbonyl (C=O) groups is 1. The van der Waals surface area contributed by atoms with Gasteiger partial charge in [0.2, 0.25) is 0 Å². The van der Waals surface area contributed by atoms with E-state index in [9.17, 15) is 4.79 Å². The van der Waals surface area contributed by atoms with Crippen LogP contribution in [0.3, 0.4) is 0 Å². The third-order valence-corrected chi connectivity index (χ3v) is 4.08. The Morgan fingerprint density at radius 1 is 0.786 bits per heavy atom. The van der Waals surface area contributed by atoms with Crippen molar-refractivity contribution in [3.63, 3.8) is 0 Å². The number of hydrogen-bond donors (Lipinski definition) is 6. The number of nitrogen functional groups attached to an aromatic ring is 2. The normalized spacial score (nSPS) is 10.6. The molecular formula is C19H18N8O. The molecule has 0 atom stereocenters. The Balaban J connectivity index is 1.42. The van der Waals surface area contributed by atoms with Crippen LogP contribution in [-0.2, 0) is 0 Å². The zero-order chi connectivity index (χ0) is 19.5.